The van der Waals surface area contributed by atoms with E-state index in [-0.39, 0.29) is 15.6 Å². The number of aromatic nitrogens is 2. The van der Waals surface area contributed by atoms with Gasteiger partial charge in [-0.25, -0.2) is 18.1 Å². The molecule has 0 aromatic carbocycles. The van der Waals surface area contributed by atoms with Gasteiger partial charge in [0, 0.05) is 19.0 Å². The minimum absolute atomic E-state index is 0.104. The van der Waals surface area contributed by atoms with Crippen molar-refractivity contribution in [1.29, 1.82) is 0 Å². The zero-order valence-electron chi connectivity index (χ0n) is 9.60. The van der Waals surface area contributed by atoms with Crippen molar-refractivity contribution in [2.24, 2.45) is 12.5 Å². The van der Waals surface area contributed by atoms with Gasteiger partial charge in [0.1, 0.15) is 5.15 Å². The molecule has 0 spiro atoms. The number of nitrogens with zero attached hydrogens (tertiary/aromatic N) is 2. The van der Waals surface area contributed by atoms with Crippen molar-refractivity contribution in [2.75, 3.05) is 19.8 Å². The number of aryl methyl sites for hydroxylation is 1. The fourth-order valence-electron chi connectivity index (χ4n) is 1.46. The lowest BCUT2D eigenvalue weighted by atomic mass is 9.89. The maximum Gasteiger partial charge on any atom is 0.261 e. The Morgan fingerprint density at radius 2 is 2.29 bits per heavy atom. The van der Waals surface area contributed by atoms with Crippen LogP contribution in [-0.4, -0.2) is 37.7 Å². The molecule has 0 bridgehead atoms. The summed E-state index contributed by atoms with van der Waals surface area (Å²) in [6, 6.07) is 0. The molecule has 1 aliphatic rings. The number of hydrogen-bond donors (Lipinski definition) is 1. The van der Waals surface area contributed by atoms with Gasteiger partial charge in [0.25, 0.3) is 10.0 Å². The van der Waals surface area contributed by atoms with Gasteiger partial charge in [-0.3, -0.25) is 0 Å². The van der Waals surface area contributed by atoms with Crippen molar-refractivity contribution in [3.63, 3.8) is 0 Å². The zero-order chi connectivity index (χ0) is 12.7. The number of ether oxygens (including phenoxy) is 1. The van der Waals surface area contributed by atoms with Crippen LogP contribution in [0.1, 0.15) is 6.92 Å². The summed E-state index contributed by atoms with van der Waals surface area (Å²) >= 11 is 5.85. The van der Waals surface area contributed by atoms with Gasteiger partial charge < -0.3 is 9.30 Å². The summed E-state index contributed by atoms with van der Waals surface area (Å²) in [5.41, 5.74) is -0.131. The Balaban J connectivity index is 2.11. The van der Waals surface area contributed by atoms with E-state index in [1.165, 1.54) is 10.9 Å². The quantitative estimate of drug-likeness (QED) is 0.865. The molecule has 1 aromatic heterocycles. The standard InChI is InChI=1S/C9H14ClN3O3S/c1-9(4-16-5-9)3-12-17(14,15)8-7(10)13(2)6-11-8/h6,12H,3-5H2,1-2H3. The van der Waals surface area contributed by atoms with E-state index >= 15 is 0 Å². The highest BCUT2D eigenvalue weighted by molar-refractivity contribution is 7.89. The Kier molecular flexibility index (Phi) is 3.19. The van der Waals surface area contributed by atoms with Crippen LogP contribution >= 0.6 is 11.6 Å². The summed E-state index contributed by atoms with van der Waals surface area (Å²) in [6.45, 7) is 3.40. The molecule has 2 heterocycles. The SMILES string of the molecule is Cn1cnc(S(=O)(=O)NCC2(C)COC2)c1Cl. The molecule has 1 saturated heterocycles. The molecule has 1 fully saturated rings. The predicted octanol–water partition coefficient (Wildman–Crippen LogP) is 0.388. The third-order valence-corrected chi connectivity index (χ3v) is 4.57. The second kappa shape index (κ2) is 4.24. The van der Waals surface area contributed by atoms with Crippen LogP contribution in [0.2, 0.25) is 5.15 Å². The lowest BCUT2D eigenvalue weighted by Gasteiger charge is -2.37. The van der Waals surface area contributed by atoms with Crippen molar-refractivity contribution < 1.29 is 13.2 Å². The summed E-state index contributed by atoms with van der Waals surface area (Å²) in [5.74, 6) is 0. The van der Waals surface area contributed by atoms with Crippen LogP contribution in [0.15, 0.2) is 11.4 Å². The van der Waals surface area contributed by atoms with E-state index in [4.69, 9.17) is 16.3 Å². The smallest absolute Gasteiger partial charge is 0.261 e. The maximum atomic E-state index is 11.9. The van der Waals surface area contributed by atoms with E-state index in [0.717, 1.165) is 0 Å². The van der Waals surface area contributed by atoms with Crippen LogP contribution in [0, 0.1) is 5.41 Å². The van der Waals surface area contributed by atoms with Gasteiger partial charge in [-0.1, -0.05) is 18.5 Å². The zero-order valence-corrected chi connectivity index (χ0v) is 11.2. The molecule has 17 heavy (non-hydrogen) atoms. The summed E-state index contributed by atoms with van der Waals surface area (Å²) < 4.78 is 32.9. The van der Waals surface area contributed by atoms with Crippen molar-refractivity contribution in [2.45, 2.75) is 11.9 Å². The highest BCUT2D eigenvalue weighted by Gasteiger charge is 2.35. The number of nitrogens with one attached hydrogen (secondary N) is 1. The molecule has 96 valence electrons. The molecule has 0 saturated carbocycles. The molecule has 0 amide bonds. The van der Waals surface area contributed by atoms with Crippen LogP contribution in [0.25, 0.3) is 0 Å². The molecule has 6 nitrogen and oxygen atoms in total. The summed E-state index contributed by atoms with van der Waals surface area (Å²) in [5, 5.41) is -0.0296. The van der Waals surface area contributed by atoms with Crippen molar-refractivity contribution in [1.82, 2.24) is 14.3 Å². The summed E-state index contributed by atoms with van der Waals surface area (Å²) in [7, 11) is -2.01. The lowest BCUT2D eigenvalue weighted by molar-refractivity contribution is -0.0965. The number of rotatable bonds is 4. The second-order valence-corrected chi connectivity index (χ2v) is 6.62. The lowest BCUT2D eigenvalue weighted by Crippen LogP contribution is -2.48. The van der Waals surface area contributed by atoms with Gasteiger partial charge in [0.2, 0.25) is 5.03 Å². The van der Waals surface area contributed by atoms with Crippen LogP contribution < -0.4 is 4.72 Å². The molecule has 1 aliphatic heterocycles. The average molecular weight is 280 g/mol. The fraction of sp³-hybridized carbons (Fsp3) is 0.667. The van der Waals surface area contributed by atoms with E-state index in [9.17, 15) is 8.42 Å². The average Bonchev–Trinajstić information content (AvgIpc) is 2.55. The first-order valence-electron chi connectivity index (χ1n) is 5.08. The Hall–Kier alpha value is -0.630. The molecule has 1 aromatic rings. The first-order valence-corrected chi connectivity index (χ1v) is 6.94. The van der Waals surface area contributed by atoms with E-state index in [0.29, 0.717) is 19.8 Å². The molecule has 0 aliphatic carbocycles. The third kappa shape index (κ3) is 2.47. The molecule has 0 radical (unpaired) electrons. The highest BCUT2D eigenvalue weighted by atomic mass is 35.5. The normalized spacial score (nSPS) is 19.0. The minimum Gasteiger partial charge on any atom is -0.380 e. The number of halogens is 1. The van der Waals surface area contributed by atoms with E-state index in [2.05, 4.69) is 9.71 Å². The van der Waals surface area contributed by atoms with Gasteiger partial charge in [-0.2, -0.15) is 0 Å². The van der Waals surface area contributed by atoms with Crippen LogP contribution in [0.3, 0.4) is 0 Å². The van der Waals surface area contributed by atoms with Gasteiger partial charge in [0.05, 0.1) is 19.5 Å². The molecule has 0 atom stereocenters. The summed E-state index contributed by atoms with van der Waals surface area (Å²) in [4.78, 5) is 3.78. The molecule has 1 N–H and O–H groups in total. The third-order valence-electron chi connectivity index (χ3n) is 2.68. The Labute approximate surface area is 105 Å². The van der Waals surface area contributed by atoms with Gasteiger partial charge >= 0.3 is 0 Å². The fourth-order valence-corrected chi connectivity index (χ4v) is 3.09. The van der Waals surface area contributed by atoms with E-state index in [1.54, 1.807) is 7.05 Å². The minimum atomic E-state index is -3.65. The van der Waals surface area contributed by atoms with Crippen molar-refractivity contribution in [3.8, 4) is 0 Å². The van der Waals surface area contributed by atoms with Crippen molar-refractivity contribution in [3.05, 3.63) is 11.5 Å². The van der Waals surface area contributed by atoms with Gasteiger partial charge in [0.15, 0.2) is 0 Å². The van der Waals surface area contributed by atoms with Gasteiger partial charge in [-0.05, 0) is 0 Å². The number of imidazole rings is 1. The monoisotopic (exact) mass is 279 g/mol. The predicted molar refractivity (Wildman–Crippen MR) is 62.3 cm³/mol. The number of sulfonamides is 1. The molecular weight excluding hydrogens is 266 g/mol. The Morgan fingerprint density at radius 3 is 2.71 bits per heavy atom. The molecule has 0 unspecified atom stereocenters. The molecule has 2 rings (SSSR count). The highest BCUT2D eigenvalue weighted by Crippen LogP contribution is 2.26. The maximum absolute atomic E-state index is 11.9. The molecule has 8 heteroatoms. The first kappa shape index (κ1) is 12.8. The van der Waals surface area contributed by atoms with Crippen LogP contribution in [-0.2, 0) is 21.8 Å². The molecular formula is C9H14ClN3O3S. The van der Waals surface area contributed by atoms with Crippen LogP contribution in [0.4, 0.5) is 0 Å². The largest absolute Gasteiger partial charge is 0.380 e. The number of hydrogen-bond acceptors (Lipinski definition) is 4. The summed E-state index contributed by atoms with van der Waals surface area (Å²) in [6.07, 6.45) is 1.37. The first-order chi connectivity index (χ1) is 7.84. The Morgan fingerprint density at radius 1 is 1.65 bits per heavy atom. The second-order valence-electron chi connectivity index (χ2n) is 4.58. The topological polar surface area (TPSA) is 73.2 Å². The van der Waals surface area contributed by atoms with Gasteiger partial charge in [-0.15, -0.1) is 0 Å². The van der Waals surface area contributed by atoms with E-state index < -0.39 is 10.0 Å². The van der Waals surface area contributed by atoms with Crippen LogP contribution in [0.5, 0.6) is 0 Å². The van der Waals surface area contributed by atoms with E-state index in [1.807, 2.05) is 6.92 Å². The Bertz CT molecular complexity index is 522. The van der Waals surface area contributed by atoms with Crippen molar-refractivity contribution >= 4 is 21.6 Å².